The Labute approximate surface area is 156 Å². The molecule has 1 aromatic carbocycles. The first-order chi connectivity index (χ1) is 11.9. The quantitative estimate of drug-likeness (QED) is 0.881. The highest BCUT2D eigenvalue weighted by Crippen LogP contribution is 2.30. The summed E-state index contributed by atoms with van der Waals surface area (Å²) < 4.78 is 1.58. The molecule has 0 bridgehead atoms. The van der Waals surface area contributed by atoms with Gasteiger partial charge in [-0.25, -0.2) is 9.67 Å². The number of carbonyl (C=O) groups excluding carboxylic acids is 1. The number of nitrogens with zero attached hydrogens (tertiary/aromatic N) is 4. The third kappa shape index (κ3) is 3.38. The SMILES string of the molecule is CC(C)c1nc(C(=O)N2CCCC2CN)nn1-c1c(Cl)cccc1Cl. The first-order valence-electron chi connectivity index (χ1n) is 8.36. The smallest absolute Gasteiger partial charge is 0.293 e. The van der Waals surface area contributed by atoms with Crippen LogP contribution in [-0.2, 0) is 0 Å². The van der Waals surface area contributed by atoms with Crippen molar-refractivity contribution in [1.29, 1.82) is 0 Å². The second-order valence-corrected chi connectivity index (χ2v) is 7.28. The maximum absolute atomic E-state index is 12.9. The van der Waals surface area contributed by atoms with Crippen LogP contribution in [0.25, 0.3) is 5.69 Å². The summed E-state index contributed by atoms with van der Waals surface area (Å²) in [5.74, 6) is 0.643. The van der Waals surface area contributed by atoms with Gasteiger partial charge in [0.05, 0.1) is 10.0 Å². The van der Waals surface area contributed by atoms with Crippen molar-refractivity contribution in [2.75, 3.05) is 13.1 Å². The van der Waals surface area contributed by atoms with Crippen molar-refractivity contribution < 1.29 is 4.79 Å². The zero-order valence-electron chi connectivity index (χ0n) is 14.2. The van der Waals surface area contributed by atoms with Crippen molar-refractivity contribution in [3.8, 4) is 5.69 Å². The molecule has 0 aliphatic carbocycles. The fraction of sp³-hybridized carbons (Fsp3) is 0.471. The number of para-hydroxylation sites is 1. The summed E-state index contributed by atoms with van der Waals surface area (Å²) in [5, 5.41) is 5.36. The highest BCUT2D eigenvalue weighted by atomic mass is 35.5. The molecule has 0 radical (unpaired) electrons. The maximum Gasteiger partial charge on any atom is 0.293 e. The number of nitrogens with two attached hydrogens (primary N) is 1. The molecule has 1 unspecified atom stereocenters. The van der Waals surface area contributed by atoms with E-state index in [-0.39, 0.29) is 23.7 Å². The van der Waals surface area contributed by atoms with Crippen LogP contribution in [0, 0.1) is 0 Å². The standard InChI is InChI=1S/C17H21Cl2N5O/c1-10(2)16-21-15(17(25)23-8-4-5-11(23)9-20)22-24(16)14-12(18)6-3-7-13(14)19/h3,6-7,10-11H,4-5,8-9,20H2,1-2H3. The zero-order valence-corrected chi connectivity index (χ0v) is 15.8. The van der Waals surface area contributed by atoms with Crippen molar-refractivity contribution in [2.45, 2.75) is 38.6 Å². The number of halogens is 2. The molecule has 6 nitrogen and oxygen atoms in total. The Morgan fingerprint density at radius 3 is 2.64 bits per heavy atom. The number of aromatic nitrogens is 3. The molecule has 1 aromatic heterocycles. The van der Waals surface area contributed by atoms with Gasteiger partial charge >= 0.3 is 0 Å². The van der Waals surface area contributed by atoms with Gasteiger partial charge in [0.15, 0.2) is 0 Å². The van der Waals surface area contributed by atoms with Gasteiger partial charge in [0.25, 0.3) is 5.91 Å². The second kappa shape index (κ2) is 7.32. The van der Waals surface area contributed by atoms with Gasteiger partial charge in [-0.3, -0.25) is 4.79 Å². The number of hydrogen-bond acceptors (Lipinski definition) is 4. The predicted molar refractivity (Wildman–Crippen MR) is 98.6 cm³/mol. The largest absolute Gasteiger partial charge is 0.332 e. The number of likely N-dealkylation sites (tertiary alicyclic amines) is 1. The van der Waals surface area contributed by atoms with Crippen molar-refractivity contribution in [3.05, 3.63) is 39.9 Å². The van der Waals surface area contributed by atoms with Gasteiger partial charge in [0.1, 0.15) is 11.5 Å². The molecule has 1 aliphatic heterocycles. The molecule has 2 aromatic rings. The van der Waals surface area contributed by atoms with Crippen molar-refractivity contribution in [2.24, 2.45) is 5.73 Å². The molecule has 134 valence electrons. The number of carbonyl (C=O) groups is 1. The Morgan fingerprint density at radius 2 is 2.04 bits per heavy atom. The highest BCUT2D eigenvalue weighted by Gasteiger charge is 2.32. The van der Waals surface area contributed by atoms with Crippen LogP contribution in [0.4, 0.5) is 0 Å². The van der Waals surface area contributed by atoms with E-state index in [1.165, 1.54) is 0 Å². The third-order valence-corrected chi connectivity index (χ3v) is 5.01. The number of amides is 1. The fourth-order valence-electron chi connectivity index (χ4n) is 3.12. The molecular formula is C17H21Cl2N5O. The first-order valence-corrected chi connectivity index (χ1v) is 9.12. The summed E-state index contributed by atoms with van der Waals surface area (Å²) >= 11 is 12.6. The third-order valence-electron chi connectivity index (χ3n) is 4.40. The summed E-state index contributed by atoms with van der Waals surface area (Å²) in [5.41, 5.74) is 6.32. The molecule has 1 amide bonds. The lowest BCUT2D eigenvalue weighted by Gasteiger charge is -2.21. The minimum Gasteiger partial charge on any atom is -0.332 e. The van der Waals surface area contributed by atoms with Crippen LogP contribution in [0.2, 0.25) is 10.0 Å². The Kier molecular flexibility index (Phi) is 5.32. The summed E-state index contributed by atoms with van der Waals surface area (Å²) in [6.07, 6.45) is 1.86. The Bertz CT molecular complexity index is 769. The van der Waals surface area contributed by atoms with Crippen LogP contribution in [0.3, 0.4) is 0 Å². The van der Waals surface area contributed by atoms with E-state index in [9.17, 15) is 4.79 Å². The molecule has 1 aliphatic rings. The lowest BCUT2D eigenvalue weighted by atomic mass is 10.2. The Balaban J connectivity index is 2.05. The summed E-state index contributed by atoms with van der Waals surface area (Å²) in [6, 6.07) is 5.29. The highest BCUT2D eigenvalue weighted by molar-refractivity contribution is 6.37. The number of hydrogen-bond donors (Lipinski definition) is 1. The minimum atomic E-state index is -0.197. The van der Waals surface area contributed by atoms with Crippen LogP contribution in [0.5, 0.6) is 0 Å². The maximum atomic E-state index is 12.9. The average Bonchev–Trinajstić information content (AvgIpc) is 3.21. The molecule has 1 fully saturated rings. The van der Waals surface area contributed by atoms with Crippen LogP contribution in [0.1, 0.15) is 49.1 Å². The minimum absolute atomic E-state index is 0.0465. The van der Waals surface area contributed by atoms with Gasteiger partial charge in [-0.2, -0.15) is 0 Å². The Hall–Kier alpha value is -1.63. The summed E-state index contributed by atoms with van der Waals surface area (Å²) in [7, 11) is 0. The van der Waals surface area contributed by atoms with Crippen LogP contribution in [-0.4, -0.2) is 44.7 Å². The molecule has 0 saturated carbocycles. The first kappa shape index (κ1) is 18.2. The van der Waals surface area contributed by atoms with E-state index in [0.29, 0.717) is 34.6 Å². The van der Waals surface area contributed by atoms with E-state index in [1.54, 1.807) is 27.8 Å². The molecule has 3 rings (SSSR count). The second-order valence-electron chi connectivity index (χ2n) is 6.46. The van der Waals surface area contributed by atoms with Gasteiger partial charge < -0.3 is 10.6 Å². The lowest BCUT2D eigenvalue weighted by molar-refractivity contribution is 0.0729. The predicted octanol–water partition coefficient (Wildman–Crippen LogP) is 3.26. The molecular weight excluding hydrogens is 361 g/mol. The van der Waals surface area contributed by atoms with E-state index < -0.39 is 0 Å². The van der Waals surface area contributed by atoms with Gasteiger partial charge in [0, 0.05) is 25.0 Å². The lowest BCUT2D eigenvalue weighted by Crippen LogP contribution is -2.40. The number of benzene rings is 1. The topological polar surface area (TPSA) is 77.0 Å². The molecule has 2 N–H and O–H groups in total. The van der Waals surface area contributed by atoms with Gasteiger partial charge in [0.2, 0.25) is 5.82 Å². The zero-order chi connectivity index (χ0) is 18.1. The normalized spacial score (nSPS) is 17.5. The average molecular weight is 382 g/mol. The summed E-state index contributed by atoms with van der Waals surface area (Å²) in [4.78, 5) is 19.1. The van der Waals surface area contributed by atoms with Gasteiger partial charge in [-0.05, 0) is 25.0 Å². The number of rotatable bonds is 4. The van der Waals surface area contributed by atoms with E-state index in [4.69, 9.17) is 28.9 Å². The van der Waals surface area contributed by atoms with E-state index in [2.05, 4.69) is 10.1 Å². The van der Waals surface area contributed by atoms with Crippen LogP contribution in [0.15, 0.2) is 18.2 Å². The van der Waals surface area contributed by atoms with Crippen LogP contribution < -0.4 is 5.73 Å². The monoisotopic (exact) mass is 381 g/mol. The molecule has 0 spiro atoms. The van der Waals surface area contributed by atoms with Crippen LogP contribution >= 0.6 is 23.2 Å². The van der Waals surface area contributed by atoms with Gasteiger partial charge in [-0.15, -0.1) is 5.10 Å². The molecule has 8 heteroatoms. The van der Waals surface area contributed by atoms with Crippen molar-refractivity contribution >= 4 is 29.1 Å². The van der Waals surface area contributed by atoms with Crippen molar-refractivity contribution in [1.82, 2.24) is 19.7 Å². The van der Waals surface area contributed by atoms with Crippen molar-refractivity contribution in [3.63, 3.8) is 0 Å². The summed E-state index contributed by atoms with van der Waals surface area (Å²) in [6.45, 7) is 5.09. The Morgan fingerprint density at radius 1 is 1.36 bits per heavy atom. The molecule has 1 atom stereocenters. The van der Waals surface area contributed by atoms with Gasteiger partial charge in [-0.1, -0.05) is 43.1 Å². The molecule has 2 heterocycles. The van der Waals surface area contributed by atoms with E-state index in [0.717, 1.165) is 12.8 Å². The molecule has 1 saturated heterocycles. The van der Waals surface area contributed by atoms with E-state index >= 15 is 0 Å². The van der Waals surface area contributed by atoms with E-state index in [1.807, 2.05) is 13.8 Å². The molecule has 25 heavy (non-hydrogen) atoms. The fourth-order valence-corrected chi connectivity index (χ4v) is 3.68.